The Kier molecular flexibility index (Phi) is 5.18. The Hall–Kier alpha value is -2.49. The number of hydrogen-bond acceptors (Lipinski definition) is 3. The van der Waals surface area contributed by atoms with Crippen LogP contribution in [-0.4, -0.2) is 19.5 Å². The Morgan fingerprint density at radius 1 is 0.852 bits per heavy atom. The van der Waals surface area contributed by atoms with Crippen molar-refractivity contribution in [1.29, 1.82) is 0 Å². The summed E-state index contributed by atoms with van der Waals surface area (Å²) >= 11 is 0. The van der Waals surface area contributed by atoms with Gasteiger partial charge in [0, 0.05) is 30.2 Å². The second kappa shape index (κ2) is 7.26. The number of benzene rings is 1. The van der Waals surface area contributed by atoms with E-state index >= 15 is 0 Å². The molecule has 0 saturated heterocycles. The lowest BCUT2D eigenvalue weighted by Gasteiger charge is -2.22. The standard InChI is InChI=1S/C23H30N4/c1-15(2)18-9-8-10-19(16(3)4)20(18)27-12-11-24-21(27)17-13-25-22(26-14-17)23(5,6)7/h8-16H,1-7H3. The second-order valence-corrected chi connectivity index (χ2v) is 8.76. The van der Waals surface area contributed by atoms with E-state index in [0.29, 0.717) is 11.8 Å². The van der Waals surface area contributed by atoms with Crippen molar-refractivity contribution in [2.24, 2.45) is 0 Å². The van der Waals surface area contributed by atoms with Crippen LogP contribution in [0.15, 0.2) is 43.0 Å². The van der Waals surface area contributed by atoms with Crippen molar-refractivity contribution in [2.75, 3.05) is 0 Å². The Bertz CT molecular complexity index is 886. The molecular weight excluding hydrogens is 332 g/mol. The molecule has 2 heterocycles. The molecule has 0 aliphatic rings. The zero-order valence-electron chi connectivity index (χ0n) is 17.5. The fraction of sp³-hybridized carbons (Fsp3) is 0.435. The highest BCUT2D eigenvalue weighted by molar-refractivity contribution is 5.61. The summed E-state index contributed by atoms with van der Waals surface area (Å²) in [7, 11) is 0. The molecule has 0 N–H and O–H groups in total. The molecule has 4 nitrogen and oxygen atoms in total. The molecule has 0 radical (unpaired) electrons. The van der Waals surface area contributed by atoms with E-state index in [-0.39, 0.29) is 5.41 Å². The molecule has 3 aromatic rings. The van der Waals surface area contributed by atoms with Crippen LogP contribution in [0.1, 0.15) is 77.3 Å². The SMILES string of the molecule is CC(C)c1cccc(C(C)C)c1-n1ccnc1-c1cnc(C(C)(C)C)nc1. The molecule has 1 aromatic carbocycles. The predicted octanol–water partition coefficient (Wildman–Crippen LogP) is 5.87. The Balaban J connectivity index is 2.16. The summed E-state index contributed by atoms with van der Waals surface area (Å²) in [6, 6.07) is 6.59. The van der Waals surface area contributed by atoms with Gasteiger partial charge in [-0.25, -0.2) is 15.0 Å². The number of imidazole rings is 1. The molecule has 0 unspecified atom stereocenters. The van der Waals surface area contributed by atoms with Gasteiger partial charge in [0.2, 0.25) is 0 Å². The van der Waals surface area contributed by atoms with E-state index in [4.69, 9.17) is 0 Å². The van der Waals surface area contributed by atoms with Crippen molar-refractivity contribution in [2.45, 2.75) is 65.7 Å². The van der Waals surface area contributed by atoms with E-state index in [1.165, 1.54) is 16.8 Å². The molecule has 0 spiro atoms. The average Bonchev–Trinajstić information content (AvgIpc) is 3.09. The van der Waals surface area contributed by atoms with Crippen molar-refractivity contribution in [3.8, 4) is 17.1 Å². The van der Waals surface area contributed by atoms with Crippen LogP contribution >= 0.6 is 0 Å². The largest absolute Gasteiger partial charge is 0.299 e. The molecule has 0 atom stereocenters. The monoisotopic (exact) mass is 362 g/mol. The van der Waals surface area contributed by atoms with Gasteiger partial charge in [0.05, 0.1) is 11.3 Å². The van der Waals surface area contributed by atoms with Crippen LogP contribution in [0.5, 0.6) is 0 Å². The zero-order valence-corrected chi connectivity index (χ0v) is 17.5. The van der Waals surface area contributed by atoms with Crippen LogP contribution in [0.3, 0.4) is 0 Å². The van der Waals surface area contributed by atoms with Crippen molar-refractivity contribution in [1.82, 2.24) is 19.5 Å². The number of para-hydroxylation sites is 1. The highest BCUT2D eigenvalue weighted by Crippen LogP contribution is 2.33. The Morgan fingerprint density at radius 2 is 1.41 bits per heavy atom. The Labute approximate surface area is 162 Å². The number of rotatable bonds is 4. The van der Waals surface area contributed by atoms with Crippen LogP contribution in [0.2, 0.25) is 0 Å². The zero-order chi connectivity index (χ0) is 19.8. The van der Waals surface area contributed by atoms with Gasteiger partial charge < -0.3 is 0 Å². The van der Waals surface area contributed by atoms with E-state index < -0.39 is 0 Å². The van der Waals surface area contributed by atoms with Gasteiger partial charge >= 0.3 is 0 Å². The van der Waals surface area contributed by atoms with Crippen LogP contribution in [0.25, 0.3) is 17.1 Å². The summed E-state index contributed by atoms with van der Waals surface area (Å²) in [4.78, 5) is 13.8. The van der Waals surface area contributed by atoms with Gasteiger partial charge in [-0.15, -0.1) is 0 Å². The summed E-state index contributed by atoms with van der Waals surface area (Å²) in [5.41, 5.74) is 4.75. The second-order valence-electron chi connectivity index (χ2n) is 8.76. The first-order valence-corrected chi connectivity index (χ1v) is 9.69. The molecule has 0 amide bonds. The first-order chi connectivity index (χ1) is 12.7. The fourth-order valence-electron chi connectivity index (χ4n) is 3.32. The van der Waals surface area contributed by atoms with E-state index in [2.05, 4.69) is 86.2 Å². The highest BCUT2D eigenvalue weighted by Gasteiger charge is 2.20. The fourth-order valence-corrected chi connectivity index (χ4v) is 3.32. The number of nitrogens with zero attached hydrogens (tertiary/aromatic N) is 4. The van der Waals surface area contributed by atoms with Crippen molar-refractivity contribution < 1.29 is 0 Å². The molecular formula is C23H30N4. The molecule has 0 fully saturated rings. The molecule has 0 aliphatic heterocycles. The van der Waals surface area contributed by atoms with Gasteiger partial charge in [0.25, 0.3) is 0 Å². The van der Waals surface area contributed by atoms with E-state index in [1.807, 2.05) is 24.8 Å². The minimum atomic E-state index is -0.0665. The van der Waals surface area contributed by atoms with Gasteiger partial charge in [-0.2, -0.15) is 0 Å². The van der Waals surface area contributed by atoms with Crippen molar-refractivity contribution >= 4 is 0 Å². The van der Waals surface area contributed by atoms with Gasteiger partial charge in [-0.3, -0.25) is 4.57 Å². The van der Waals surface area contributed by atoms with Gasteiger partial charge in [-0.1, -0.05) is 66.7 Å². The maximum absolute atomic E-state index is 4.64. The minimum absolute atomic E-state index is 0.0665. The first-order valence-electron chi connectivity index (χ1n) is 9.69. The third-order valence-electron chi connectivity index (χ3n) is 4.80. The summed E-state index contributed by atoms with van der Waals surface area (Å²) in [5.74, 6) is 2.57. The van der Waals surface area contributed by atoms with Crippen LogP contribution in [-0.2, 0) is 5.41 Å². The highest BCUT2D eigenvalue weighted by atomic mass is 15.1. The van der Waals surface area contributed by atoms with Crippen LogP contribution in [0.4, 0.5) is 0 Å². The van der Waals surface area contributed by atoms with Crippen molar-refractivity contribution in [3.05, 3.63) is 59.9 Å². The van der Waals surface area contributed by atoms with E-state index in [1.54, 1.807) is 0 Å². The third-order valence-corrected chi connectivity index (χ3v) is 4.80. The maximum Gasteiger partial charge on any atom is 0.147 e. The predicted molar refractivity (Wildman–Crippen MR) is 111 cm³/mol. The quantitative estimate of drug-likeness (QED) is 0.582. The smallest absolute Gasteiger partial charge is 0.147 e. The number of aromatic nitrogens is 4. The lowest BCUT2D eigenvalue weighted by atomic mass is 9.92. The van der Waals surface area contributed by atoms with Gasteiger partial charge in [0.15, 0.2) is 0 Å². The summed E-state index contributed by atoms with van der Waals surface area (Å²) in [6.45, 7) is 15.3. The summed E-state index contributed by atoms with van der Waals surface area (Å²) in [5, 5.41) is 0. The molecule has 2 aromatic heterocycles. The molecule has 0 aliphatic carbocycles. The van der Waals surface area contributed by atoms with Gasteiger partial charge in [0.1, 0.15) is 11.6 Å². The van der Waals surface area contributed by atoms with Crippen molar-refractivity contribution in [3.63, 3.8) is 0 Å². The lowest BCUT2D eigenvalue weighted by molar-refractivity contribution is 0.545. The summed E-state index contributed by atoms with van der Waals surface area (Å²) < 4.78 is 2.19. The lowest BCUT2D eigenvalue weighted by Crippen LogP contribution is -2.15. The van der Waals surface area contributed by atoms with E-state index in [9.17, 15) is 0 Å². The normalized spacial score (nSPS) is 12.2. The maximum atomic E-state index is 4.64. The van der Waals surface area contributed by atoms with E-state index in [0.717, 1.165) is 17.2 Å². The topological polar surface area (TPSA) is 43.6 Å². The molecule has 142 valence electrons. The average molecular weight is 363 g/mol. The third kappa shape index (κ3) is 3.80. The molecule has 4 heteroatoms. The van der Waals surface area contributed by atoms with Crippen LogP contribution < -0.4 is 0 Å². The molecule has 3 rings (SSSR count). The number of hydrogen-bond donors (Lipinski definition) is 0. The Morgan fingerprint density at radius 3 is 1.89 bits per heavy atom. The van der Waals surface area contributed by atoms with Crippen LogP contribution in [0, 0.1) is 0 Å². The summed E-state index contributed by atoms with van der Waals surface area (Å²) in [6.07, 6.45) is 7.67. The first kappa shape index (κ1) is 19.3. The molecule has 0 bridgehead atoms. The molecule has 0 saturated carbocycles. The van der Waals surface area contributed by atoms with Gasteiger partial charge in [-0.05, 0) is 23.0 Å². The molecule has 27 heavy (non-hydrogen) atoms. The minimum Gasteiger partial charge on any atom is -0.299 e.